The number of esters is 1. The van der Waals surface area contributed by atoms with Crippen molar-refractivity contribution in [2.75, 3.05) is 19.0 Å². The number of anilines is 1. The second-order valence-corrected chi connectivity index (χ2v) is 7.23. The number of hydrogen-bond donors (Lipinski definition) is 2. The number of nitrogens with one attached hydrogen (secondary N) is 2. The maximum atomic E-state index is 12.5. The first-order chi connectivity index (χ1) is 13.8. The number of carbonyl (C=O) groups is 4. The van der Waals surface area contributed by atoms with Crippen LogP contribution in [0.25, 0.3) is 0 Å². The molecule has 1 aromatic carbocycles. The molecule has 29 heavy (non-hydrogen) atoms. The van der Waals surface area contributed by atoms with E-state index in [-0.39, 0.29) is 35.9 Å². The summed E-state index contributed by atoms with van der Waals surface area (Å²) in [5.74, 6) is -1.49. The van der Waals surface area contributed by atoms with Crippen molar-refractivity contribution in [1.82, 2.24) is 15.3 Å². The van der Waals surface area contributed by atoms with Gasteiger partial charge in [0.15, 0.2) is 5.11 Å². The van der Waals surface area contributed by atoms with Crippen molar-refractivity contribution in [2.45, 2.75) is 32.2 Å². The van der Waals surface area contributed by atoms with Crippen LogP contribution in [-0.4, -0.2) is 58.4 Å². The summed E-state index contributed by atoms with van der Waals surface area (Å²) in [6.07, 6.45) is 1.43. The minimum absolute atomic E-state index is 0.0637. The Morgan fingerprint density at radius 2 is 1.86 bits per heavy atom. The van der Waals surface area contributed by atoms with Crippen molar-refractivity contribution in [3.05, 3.63) is 29.8 Å². The molecular weight excluding hydrogens is 396 g/mol. The van der Waals surface area contributed by atoms with Crippen LogP contribution < -0.4 is 10.7 Å². The lowest BCUT2D eigenvalue weighted by molar-refractivity contribution is -0.132. The van der Waals surface area contributed by atoms with Crippen molar-refractivity contribution in [3.63, 3.8) is 0 Å². The van der Waals surface area contributed by atoms with Gasteiger partial charge in [-0.1, -0.05) is 0 Å². The van der Waals surface area contributed by atoms with E-state index < -0.39 is 17.9 Å². The van der Waals surface area contributed by atoms with Gasteiger partial charge in [0.25, 0.3) is 5.91 Å². The number of amides is 3. The molecule has 0 spiro atoms. The van der Waals surface area contributed by atoms with Crippen LogP contribution in [0.15, 0.2) is 24.3 Å². The van der Waals surface area contributed by atoms with Gasteiger partial charge in [-0.2, -0.15) is 0 Å². The number of ether oxygens (including phenoxy) is 1. The van der Waals surface area contributed by atoms with Crippen molar-refractivity contribution in [1.29, 1.82) is 0 Å². The Balaban J connectivity index is 1.63. The molecule has 1 atom stereocenters. The zero-order valence-corrected chi connectivity index (χ0v) is 17.0. The maximum absolute atomic E-state index is 12.5. The van der Waals surface area contributed by atoms with E-state index in [0.29, 0.717) is 11.3 Å². The molecule has 0 radical (unpaired) electrons. The van der Waals surface area contributed by atoms with E-state index in [4.69, 9.17) is 17.0 Å². The molecule has 154 valence electrons. The lowest BCUT2D eigenvalue weighted by Gasteiger charge is -2.24. The molecule has 2 aliphatic rings. The first-order valence-electron chi connectivity index (χ1n) is 9.30. The first-order valence-corrected chi connectivity index (χ1v) is 9.71. The molecule has 3 rings (SSSR count). The normalized spacial score (nSPS) is 18.6. The molecule has 1 unspecified atom stereocenters. The zero-order chi connectivity index (χ0) is 21.1. The van der Waals surface area contributed by atoms with Crippen LogP contribution in [0.1, 0.15) is 36.5 Å². The molecule has 1 saturated heterocycles. The second-order valence-electron chi connectivity index (χ2n) is 6.87. The molecule has 10 heteroatoms. The summed E-state index contributed by atoms with van der Waals surface area (Å²) < 4.78 is 4.91. The van der Waals surface area contributed by atoms with Gasteiger partial charge in [0, 0.05) is 18.7 Å². The van der Waals surface area contributed by atoms with Gasteiger partial charge in [0.2, 0.25) is 11.8 Å². The molecule has 1 aromatic rings. The topological polar surface area (TPSA) is 108 Å². The lowest BCUT2D eigenvalue weighted by Crippen LogP contribution is -2.50. The standard InChI is InChI=1S/C19H22N4O5S/c1-3-28-18(27)12-6-8-13(9-7-12)20-15(24)10-14-17(26)22(2)19(29)23(14)21-16(25)11-4-5-11/h6-9,11,14H,3-5,10H2,1-2H3,(H,20,24)(H,21,25). The van der Waals surface area contributed by atoms with Gasteiger partial charge >= 0.3 is 5.97 Å². The fourth-order valence-electron chi connectivity index (χ4n) is 2.87. The first kappa shape index (κ1) is 20.7. The summed E-state index contributed by atoms with van der Waals surface area (Å²) in [6.45, 7) is 1.99. The smallest absolute Gasteiger partial charge is 0.338 e. The quantitative estimate of drug-likeness (QED) is 0.504. The Morgan fingerprint density at radius 1 is 1.21 bits per heavy atom. The van der Waals surface area contributed by atoms with Crippen LogP contribution in [0.2, 0.25) is 0 Å². The zero-order valence-electron chi connectivity index (χ0n) is 16.1. The predicted octanol–water partition coefficient (Wildman–Crippen LogP) is 1.06. The summed E-state index contributed by atoms with van der Waals surface area (Å²) in [6, 6.07) is 5.32. The maximum Gasteiger partial charge on any atom is 0.338 e. The molecule has 1 heterocycles. The average molecular weight is 418 g/mol. The highest BCUT2D eigenvalue weighted by atomic mass is 32.1. The highest BCUT2D eigenvalue weighted by Gasteiger charge is 2.44. The number of likely N-dealkylation sites (N-methyl/N-ethyl adjacent to an activating group) is 1. The number of nitrogens with zero attached hydrogens (tertiary/aromatic N) is 2. The third-order valence-electron chi connectivity index (χ3n) is 4.66. The van der Waals surface area contributed by atoms with Gasteiger partial charge in [-0.05, 0) is 56.2 Å². The van der Waals surface area contributed by atoms with Crippen LogP contribution in [0.3, 0.4) is 0 Å². The molecule has 2 N–H and O–H groups in total. The molecule has 1 saturated carbocycles. The van der Waals surface area contributed by atoms with Gasteiger partial charge in [0.1, 0.15) is 6.04 Å². The summed E-state index contributed by atoms with van der Waals surface area (Å²) >= 11 is 5.23. The van der Waals surface area contributed by atoms with Gasteiger partial charge in [-0.15, -0.1) is 0 Å². The van der Waals surface area contributed by atoms with Gasteiger partial charge in [0.05, 0.1) is 18.6 Å². The molecule has 1 aliphatic heterocycles. The number of hydrogen-bond acceptors (Lipinski definition) is 6. The number of benzene rings is 1. The average Bonchev–Trinajstić information content (AvgIpc) is 3.52. The molecule has 0 bridgehead atoms. The SMILES string of the molecule is CCOC(=O)c1ccc(NC(=O)CC2C(=O)N(C)C(=S)N2NC(=O)C2CC2)cc1. The highest BCUT2D eigenvalue weighted by molar-refractivity contribution is 7.80. The van der Waals surface area contributed by atoms with Crippen LogP contribution in [0.5, 0.6) is 0 Å². The van der Waals surface area contributed by atoms with Crippen LogP contribution in [0.4, 0.5) is 5.69 Å². The third kappa shape index (κ3) is 4.70. The number of rotatable bonds is 7. The van der Waals surface area contributed by atoms with Gasteiger partial charge < -0.3 is 10.1 Å². The van der Waals surface area contributed by atoms with Crippen LogP contribution in [0, 0.1) is 5.92 Å². The fourth-order valence-corrected chi connectivity index (χ4v) is 3.14. The number of hydrazine groups is 1. The summed E-state index contributed by atoms with van der Waals surface area (Å²) in [5.41, 5.74) is 3.50. The Labute approximate surface area is 173 Å². The summed E-state index contributed by atoms with van der Waals surface area (Å²) in [4.78, 5) is 50.0. The van der Waals surface area contributed by atoms with Gasteiger partial charge in [-0.25, -0.2) is 9.80 Å². The molecule has 9 nitrogen and oxygen atoms in total. The number of thiocarbonyl (C=S) groups is 1. The van der Waals surface area contributed by atoms with Gasteiger partial charge in [-0.3, -0.25) is 24.7 Å². The van der Waals surface area contributed by atoms with E-state index in [1.165, 1.54) is 17.0 Å². The van der Waals surface area contributed by atoms with Crippen molar-refractivity contribution < 1.29 is 23.9 Å². The van der Waals surface area contributed by atoms with E-state index in [1.807, 2.05) is 0 Å². The molecule has 3 amide bonds. The summed E-state index contributed by atoms with van der Waals surface area (Å²) in [5, 5.41) is 4.13. The van der Waals surface area contributed by atoms with E-state index in [9.17, 15) is 19.2 Å². The molecular formula is C19H22N4O5S. The Kier molecular flexibility index (Phi) is 6.12. The lowest BCUT2D eigenvalue weighted by atomic mass is 10.1. The van der Waals surface area contributed by atoms with Crippen molar-refractivity contribution in [3.8, 4) is 0 Å². The predicted molar refractivity (Wildman–Crippen MR) is 108 cm³/mol. The summed E-state index contributed by atoms with van der Waals surface area (Å²) in [7, 11) is 1.51. The van der Waals surface area contributed by atoms with Crippen LogP contribution in [-0.2, 0) is 19.1 Å². The third-order valence-corrected chi connectivity index (χ3v) is 5.13. The molecule has 2 fully saturated rings. The Morgan fingerprint density at radius 3 is 2.45 bits per heavy atom. The highest BCUT2D eigenvalue weighted by Crippen LogP contribution is 2.29. The molecule has 0 aromatic heterocycles. The Hall–Kier alpha value is -3.01. The minimum atomic E-state index is -0.908. The minimum Gasteiger partial charge on any atom is -0.462 e. The van der Waals surface area contributed by atoms with E-state index in [1.54, 1.807) is 31.2 Å². The Bertz CT molecular complexity index is 853. The van der Waals surface area contributed by atoms with Crippen molar-refractivity contribution >= 4 is 46.7 Å². The number of carbonyl (C=O) groups excluding carboxylic acids is 4. The fraction of sp³-hybridized carbons (Fsp3) is 0.421. The monoisotopic (exact) mass is 418 g/mol. The van der Waals surface area contributed by atoms with Crippen LogP contribution >= 0.6 is 12.2 Å². The molecule has 1 aliphatic carbocycles. The van der Waals surface area contributed by atoms with E-state index in [0.717, 1.165) is 12.8 Å². The largest absolute Gasteiger partial charge is 0.462 e. The van der Waals surface area contributed by atoms with Crippen molar-refractivity contribution in [2.24, 2.45) is 5.92 Å². The second kappa shape index (κ2) is 8.56. The van der Waals surface area contributed by atoms with E-state index >= 15 is 0 Å². The van der Waals surface area contributed by atoms with E-state index in [2.05, 4.69) is 10.7 Å².